The Hall–Kier alpha value is -3.90. The van der Waals surface area contributed by atoms with Gasteiger partial charge in [-0.2, -0.15) is 5.10 Å². The number of aromatic nitrogens is 6. The Morgan fingerprint density at radius 2 is 2.09 bits per heavy atom. The largest absolute Gasteiger partial charge is 0.457 e. The smallest absolute Gasteiger partial charge is 0.280 e. The van der Waals surface area contributed by atoms with Gasteiger partial charge in [0.25, 0.3) is 5.69 Å². The second kappa shape index (κ2) is 6.80. The van der Waals surface area contributed by atoms with E-state index in [2.05, 4.69) is 33.0 Å². The summed E-state index contributed by atoms with van der Waals surface area (Å²) >= 11 is 0. The van der Waals surface area contributed by atoms with Crippen LogP contribution in [0.1, 0.15) is 24.0 Å². The van der Waals surface area contributed by atoms with Gasteiger partial charge in [0.05, 0.1) is 22.2 Å². The van der Waals surface area contributed by atoms with Gasteiger partial charge in [-0.25, -0.2) is 19.9 Å². The normalized spacial score (nSPS) is 24.2. The highest BCUT2D eigenvalue weighted by atomic mass is 16.6. The Morgan fingerprint density at radius 1 is 1.25 bits per heavy atom. The van der Waals surface area contributed by atoms with Crippen LogP contribution in [0, 0.1) is 16.0 Å². The highest BCUT2D eigenvalue weighted by molar-refractivity contribution is 5.70. The van der Waals surface area contributed by atoms with E-state index < -0.39 is 4.92 Å². The van der Waals surface area contributed by atoms with Crippen LogP contribution in [0.15, 0.2) is 43.0 Å². The molecule has 4 unspecified atom stereocenters. The molecule has 3 aromatic heterocycles. The van der Waals surface area contributed by atoms with E-state index in [0.29, 0.717) is 17.1 Å². The van der Waals surface area contributed by atoms with Crippen molar-refractivity contribution in [3.63, 3.8) is 0 Å². The van der Waals surface area contributed by atoms with Crippen LogP contribution in [0.2, 0.25) is 0 Å². The Morgan fingerprint density at radius 3 is 2.88 bits per heavy atom. The van der Waals surface area contributed by atoms with Crippen molar-refractivity contribution in [2.45, 2.75) is 25.1 Å². The van der Waals surface area contributed by atoms with Crippen molar-refractivity contribution >= 4 is 11.3 Å². The summed E-state index contributed by atoms with van der Waals surface area (Å²) in [5.41, 5.74) is 9.09. The van der Waals surface area contributed by atoms with Crippen LogP contribution in [0.4, 0.5) is 5.69 Å². The molecule has 0 radical (unpaired) electrons. The molecule has 0 amide bonds. The Balaban J connectivity index is 1.58. The zero-order valence-electron chi connectivity index (χ0n) is 17.2. The molecule has 4 atom stereocenters. The number of benzene rings is 1. The molecule has 2 aliphatic rings. The molecule has 162 valence electrons. The number of nitrogens with one attached hydrogen (secondary N) is 2. The van der Waals surface area contributed by atoms with Gasteiger partial charge >= 0.3 is 0 Å². The number of rotatable bonds is 3. The first-order valence-electron chi connectivity index (χ1n) is 10.2. The molecule has 1 saturated heterocycles. The van der Waals surface area contributed by atoms with E-state index in [1.165, 1.54) is 12.4 Å². The molecule has 4 aromatic rings. The highest BCUT2D eigenvalue weighted by Crippen LogP contribution is 2.46. The number of fused-ring (bicyclic) bond motifs is 4. The second-order valence-corrected chi connectivity index (χ2v) is 8.06. The summed E-state index contributed by atoms with van der Waals surface area (Å²) in [6.07, 6.45) is 5.07. The lowest BCUT2D eigenvalue weighted by molar-refractivity contribution is -0.384. The molecule has 12 nitrogen and oxygen atoms in total. The van der Waals surface area contributed by atoms with Gasteiger partial charge < -0.3 is 4.74 Å². The third kappa shape index (κ3) is 2.70. The maximum Gasteiger partial charge on any atom is 0.280 e. The van der Waals surface area contributed by atoms with E-state index in [1.807, 2.05) is 19.4 Å². The van der Waals surface area contributed by atoms with Crippen LogP contribution in [0.5, 0.6) is 5.88 Å². The fraction of sp³-hybridized carbons (Fsp3) is 0.300. The molecule has 0 bridgehead atoms. The third-order valence-corrected chi connectivity index (χ3v) is 6.13. The van der Waals surface area contributed by atoms with Crippen LogP contribution in [0.25, 0.3) is 17.0 Å². The molecule has 0 saturated carbocycles. The van der Waals surface area contributed by atoms with Crippen LogP contribution in [-0.2, 0) is 7.05 Å². The van der Waals surface area contributed by atoms with Crippen molar-refractivity contribution in [3.05, 3.63) is 64.2 Å². The number of nitro groups is 1. The number of ether oxygens (including phenoxy) is 1. The van der Waals surface area contributed by atoms with Gasteiger partial charge in [0.1, 0.15) is 6.33 Å². The molecule has 2 aliphatic heterocycles. The van der Waals surface area contributed by atoms with E-state index in [1.54, 1.807) is 27.4 Å². The van der Waals surface area contributed by atoms with Crippen molar-refractivity contribution < 1.29 is 9.66 Å². The first-order valence-corrected chi connectivity index (χ1v) is 10.2. The molecular formula is C20H19N9O3. The lowest BCUT2D eigenvalue weighted by atomic mass is 9.77. The predicted octanol–water partition coefficient (Wildman–Crippen LogP) is 1.40. The summed E-state index contributed by atoms with van der Waals surface area (Å²) in [6, 6.07) is 6.54. The Labute approximate surface area is 181 Å². The summed E-state index contributed by atoms with van der Waals surface area (Å²) < 4.78 is 9.48. The molecule has 1 aromatic carbocycles. The van der Waals surface area contributed by atoms with Gasteiger partial charge in [0.2, 0.25) is 5.88 Å². The average Bonchev–Trinajstić information content (AvgIpc) is 3.50. The minimum absolute atomic E-state index is 0.0471. The molecule has 32 heavy (non-hydrogen) atoms. The van der Waals surface area contributed by atoms with Gasteiger partial charge in [-0.3, -0.25) is 20.2 Å². The van der Waals surface area contributed by atoms with Crippen molar-refractivity contribution in [2.24, 2.45) is 13.0 Å². The van der Waals surface area contributed by atoms with E-state index in [9.17, 15) is 10.1 Å². The van der Waals surface area contributed by atoms with Crippen LogP contribution < -0.4 is 15.6 Å². The average molecular weight is 433 g/mol. The van der Waals surface area contributed by atoms with Gasteiger partial charge in [-0.15, -0.1) is 5.10 Å². The molecular weight excluding hydrogens is 414 g/mol. The van der Waals surface area contributed by atoms with Gasteiger partial charge in [0, 0.05) is 37.2 Å². The molecule has 0 spiro atoms. The minimum atomic E-state index is -0.432. The summed E-state index contributed by atoms with van der Waals surface area (Å²) in [5.74, 6) is 0.646. The van der Waals surface area contributed by atoms with Gasteiger partial charge in [-0.05, 0) is 18.6 Å². The summed E-state index contributed by atoms with van der Waals surface area (Å²) in [4.78, 5) is 20.3. The number of hydrazine groups is 1. The van der Waals surface area contributed by atoms with E-state index >= 15 is 0 Å². The quantitative estimate of drug-likeness (QED) is 0.363. The fourth-order valence-corrected chi connectivity index (χ4v) is 4.70. The van der Waals surface area contributed by atoms with Gasteiger partial charge in [0.15, 0.2) is 17.7 Å². The Kier molecular flexibility index (Phi) is 4.00. The maximum atomic E-state index is 11.5. The molecule has 2 N–H and O–H groups in total. The number of aryl methyl sites for hydroxylation is 1. The SMILES string of the molecule is CC1NNC2Oc3ncn4nc(-c5ccccc5[N+](=O)[O-])nc4c3C(c3cnn(C)c3)C12. The summed E-state index contributed by atoms with van der Waals surface area (Å²) in [5, 5.41) is 20.4. The first-order chi connectivity index (χ1) is 15.5. The number of hydrogen-bond donors (Lipinski definition) is 2. The van der Waals surface area contributed by atoms with E-state index in [4.69, 9.17) is 9.72 Å². The fourth-order valence-electron chi connectivity index (χ4n) is 4.70. The number of para-hydroxylation sites is 1. The standard InChI is InChI=1S/C20H19N9O3/c1-10-14-15(11-7-22-27(2)8-11)16-18-23-17(12-5-3-4-6-13(12)29(30)31)26-28(18)9-21-19(16)32-20(14)25-24-10/h3-10,14-15,20,24-25H,1-2H3. The first kappa shape index (κ1) is 18.8. The number of nitro benzene ring substituents is 1. The lowest BCUT2D eigenvalue weighted by Gasteiger charge is -2.35. The monoisotopic (exact) mass is 433 g/mol. The van der Waals surface area contributed by atoms with Crippen molar-refractivity contribution in [1.82, 2.24) is 40.2 Å². The topological polar surface area (TPSA) is 137 Å². The van der Waals surface area contributed by atoms with E-state index in [-0.39, 0.29) is 35.6 Å². The molecule has 5 heterocycles. The number of nitrogens with zero attached hydrogens (tertiary/aromatic N) is 7. The van der Waals surface area contributed by atoms with Crippen molar-refractivity contribution in [1.29, 1.82) is 0 Å². The molecule has 6 rings (SSSR count). The third-order valence-electron chi connectivity index (χ3n) is 6.13. The predicted molar refractivity (Wildman–Crippen MR) is 112 cm³/mol. The van der Waals surface area contributed by atoms with Crippen molar-refractivity contribution in [2.75, 3.05) is 0 Å². The summed E-state index contributed by atoms with van der Waals surface area (Å²) in [7, 11) is 1.87. The Bertz CT molecular complexity index is 1360. The second-order valence-electron chi connectivity index (χ2n) is 8.06. The van der Waals surface area contributed by atoms with E-state index in [0.717, 1.165) is 11.1 Å². The van der Waals surface area contributed by atoms with Crippen LogP contribution >= 0.6 is 0 Å². The minimum Gasteiger partial charge on any atom is -0.457 e. The maximum absolute atomic E-state index is 11.5. The summed E-state index contributed by atoms with van der Waals surface area (Å²) in [6.45, 7) is 2.09. The van der Waals surface area contributed by atoms with Crippen LogP contribution in [0.3, 0.4) is 0 Å². The molecule has 0 aliphatic carbocycles. The molecule has 12 heteroatoms. The zero-order valence-corrected chi connectivity index (χ0v) is 17.2. The highest BCUT2D eigenvalue weighted by Gasteiger charge is 2.48. The van der Waals surface area contributed by atoms with Crippen molar-refractivity contribution in [3.8, 4) is 17.3 Å². The number of hydrogen-bond acceptors (Lipinski definition) is 9. The zero-order chi connectivity index (χ0) is 22.0. The van der Waals surface area contributed by atoms with Gasteiger partial charge in [-0.1, -0.05) is 12.1 Å². The van der Waals surface area contributed by atoms with Crippen LogP contribution in [-0.4, -0.2) is 46.6 Å². The lowest BCUT2D eigenvalue weighted by Crippen LogP contribution is -2.42. The molecule has 1 fully saturated rings.